The van der Waals surface area contributed by atoms with Gasteiger partial charge in [0.05, 0.1) is 17.8 Å². The molecule has 0 aliphatic carbocycles. The molecule has 0 saturated carbocycles. The van der Waals surface area contributed by atoms with Crippen molar-refractivity contribution in [1.29, 1.82) is 0 Å². The fraction of sp³-hybridized carbons (Fsp3) is 0.188. The quantitative estimate of drug-likeness (QED) is 0.678. The Hall–Kier alpha value is -2.09. The van der Waals surface area contributed by atoms with Crippen LogP contribution in [0.15, 0.2) is 54.9 Å². The molecular formula is C16H16N2. The maximum Gasteiger partial charge on any atom is 0.0648 e. The SMILES string of the molecule is CCc1cccc2ccn(Cc3ccccn3)c12. The van der Waals surface area contributed by atoms with E-state index in [0.29, 0.717) is 0 Å². The van der Waals surface area contributed by atoms with E-state index in [0.717, 1.165) is 18.7 Å². The van der Waals surface area contributed by atoms with Crippen LogP contribution in [-0.4, -0.2) is 9.55 Å². The molecule has 0 unspecified atom stereocenters. The van der Waals surface area contributed by atoms with Crippen molar-refractivity contribution in [3.63, 3.8) is 0 Å². The smallest absolute Gasteiger partial charge is 0.0648 e. The summed E-state index contributed by atoms with van der Waals surface area (Å²) < 4.78 is 2.29. The molecule has 0 saturated heterocycles. The van der Waals surface area contributed by atoms with Crippen LogP contribution in [0.3, 0.4) is 0 Å². The van der Waals surface area contributed by atoms with Gasteiger partial charge in [0.2, 0.25) is 0 Å². The molecule has 0 aliphatic heterocycles. The Morgan fingerprint density at radius 2 is 2.00 bits per heavy atom. The zero-order valence-corrected chi connectivity index (χ0v) is 10.5. The molecule has 0 spiro atoms. The fourth-order valence-corrected chi connectivity index (χ4v) is 2.42. The first kappa shape index (κ1) is 11.0. The number of aromatic nitrogens is 2. The summed E-state index contributed by atoms with van der Waals surface area (Å²) in [6.07, 6.45) is 5.06. The Kier molecular flexibility index (Phi) is 2.85. The summed E-state index contributed by atoms with van der Waals surface area (Å²) in [6.45, 7) is 3.04. The average molecular weight is 236 g/mol. The predicted molar refractivity (Wildman–Crippen MR) is 74.7 cm³/mol. The highest BCUT2D eigenvalue weighted by Gasteiger charge is 2.05. The molecule has 2 aromatic heterocycles. The molecule has 2 heterocycles. The Bertz CT molecular complexity index is 653. The van der Waals surface area contributed by atoms with Crippen molar-refractivity contribution in [2.75, 3.05) is 0 Å². The highest BCUT2D eigenvalue weighted by molar-refractivity contribution is 5.83. The molecule has 0 aliphatic rings. The first-order chi connectivity index (χ1) is 8.88. The monoisotopic (exact) mass is 236 g/mol. The molecular weight excluding hydrogens is 220 g/mol. The van der Waals surface area contributed by atoms with Gasteiger partial charge in [-0.3, -0.25) is 4.98 Å². The van der Waals surface area contributed by atoms with E-state index in [2.05, 4.69) is 53.0 Å². The van der Waals surface area contributed by atoms with Gasteiger partial charge in [0.15, 0.2) is 0 Å². The topological polar surface area (TPSA) is 17.8 Å². The Morgan fingerprint density at radius 1 is 1.06 bits per heavy atom. The first-order valence-electron chi connectivity index (χ1n) is 6.35. The van der Waals surface area contributed by atoms with Gasteiger partial charge in [-0.15, -0.1) is 0 Å². The van der Waals surface area contributed by atoms with Crippen LogP contribution in [-0.2, 0) is 13.0 Å². The van der Waals surface area contributed by atoms with Gasteiger partial charge >= 0.3 is 0 Å². The Labute approximate surface area is 107 Å². The van der Waals surface area contributed by atoms with Crippen molar-refractivity contribution in [2.24, 2.45) is 0 Å². The van der Waals surface area contributed by atoms with Crippen LogP contribution in [0.5, 0.6) is 0 Å². The van der Waals surface area contributed by atoms with E-state index in [1.54, 1.807) is 0 Å². The molecule has 0 atom stereocenters. The molecule has 3 rings (SSSR count). The van der Waals surface area contributed by atoms with Crippen LogP contribution >= 0.6 is 0 Å². The van der Waals surface area contributed by atoms with E-state index in [4.69, 9.17) is 0 Å². The summed E-state index contributed by atoms with van der Waals surface area (Å²) in [5.41, 5.74) is 3.83. The van der Waals surface area contributed by atoms with Gasteiger partial charge in [-0.05, 0) is 35.6 Å². The standard InChI is InChI=1S/C16H16N2/c1-2-13-6-5-7-14-9-11-18(16(13)14)12-15-8-3-4-10-17-15/h3-11H,2,12H2,1H3. The Morgan fingerprint density at radius 3 is 2.78 bits per heavy atom. The number of hydrogen-bond acceptors (Lipinski definition) is 1. The van der Waals surface area contributed by atoms with E-state index >= 15 is 0 Å². The molecule has 0 N–H and O–H groups in total. The molecule has 0 amide bonds. The second-order valence-electron chi connectivity index (χ2n) is 4.47. The lowest BCUT2D eigenvalue weighted by molar-refractivity contribution is 0.803. The fourth-order valence-electron chi connectivity index (χ4n) is 2.42. The van der Waals surface area contributed by atoms with Crippen molar-refractivity contribution in [1.82, 2.24) is 9.55 Å². The molecule has 3 aromatic rings. The van der Waals surface area contributed by atoms with Crippen LogP contribution in [0.4, 0.5) is 0 Å². The van der Waals surface area contributed by atoms with E-state index < -0.39 is 0 Å². The maximum absolute atomic E-state index is 4.40. The zero-order valence-electron chi connectivity index (χ0n) is 10.5. The van der Waals surface area contributed by atoms with Gasteiger partial charge in [-0.25, -0.2) is 0 Å². The lowest BCUT2D eigenvalue weighted by atomic mass is 10.1. The van der Waals surface area contributed by atoms with Crippen molar-refractivity contribution in [3.8, 4) is 0 Å². The third-order valence-corrected chi connectivity index (χ3v) is 3.31. The summed E-state index contributed by atoms with van der Waals surface area (Å²) >= 11 is 0. The molecule has 0 fully saturated rings. The summed E-state index contributed by atoms with van der Waals surface area (Å²) in [6, 6.07) is 14.7. The minimum absolute atomic E-state index is 0.835. The summed E-state index contributed by atoms with van der Waals surface area (Å²) in [4.78, 5) is 4.40. The largest absolute Gasteiger partial charge is 0.341 e. The van der Waals surface area contributed by atoms with Crippen LogP contribution in [0.1, 0.15) is 18.2 Å². The second kappa shape index (κ2) is 4.65. The molecule has 2 heteroatoms. The van der Waals surface area contributed by atoms with Crippen molar-refractivity contribution < 1.29 is 0 Å². The summed E-state index contributed by atoms with van der Waals surface area (Å²) in [5.74, 6) is 0. The number of benzene rings is 1. The lowest BCUT2D eigenvalue weighted by Gasteiger charge is -2.08. The Balaban J connectivity index is 2.07. The number of aryl methyl sites for hydroxylation is 1. The lowest BCUT2D eigenvalue weighted by Crippen LogP contribution is -2.01. The van der Waals surface area contributed by atoms with Crippen LogP contribution in [0.25, 0.3) is 10.9 Å². The van der Waals surface area contributed by atoms with Crippen LogP contribution in [0.2, 0.25) is 0 Å². The van der Waals surface area contributed by atoms with Crippen molar-refractivity contribution in [3.05, 3.63) is 66.1 Å². The number of pyridine rings is 1. The third-order valence-electron chi connectivity index (χ3n) is 3.31. The van der Waals surface area contributed by atoms with E-state index in [1.165, 1.54) is 16.5 Å². The van der Waals surface area contributed by atoms with Gasteiger partial charge in [0.1, 0.15) is 0 Å². The number of hydrogen-bond donors (Lipinski definition) is 0. The van der Waals surface area contributed by atoms with Gasteiger partial charge in [-0.2, -0.15) is 0 Å². The first-order valence-corrected chi connectivity index (χ1v) is 6.35. The van der Waals surface area contributed by atoms with Gasteiger partial charge in [0.25, 0.3) is 0 Å². The highest BCUT2D eigenvalue weighted by Crippen LogP contribution is 2.21. The molecule has 0 radical (unpaired) electrons. The molecule has 90 valence electrons. The summed E-state index contributed by atoms with van der Waals surface area (Å²) in [7, 11) is 0. The van der Waals surface area contributed by atoms with Gasteiger partial charge in [0, 0.05) is 12.4 Å². The van der Waals surface area contributed by atoms with Gasteiger partial charge < -0.3 is 4.57 Å². The number of para-hydroxylation sites is 1. The molecule has 1 aromatic carbocycles. The zero-order chi connectivity index (χ0) is 12.4. The van der Waals surface area contributed by atoms with Crippen LogP contribution < -0.4 is 0 Å². The third kappa shape index (κ3) is 1.90. The number of nitrogens with zero attached hydrogens (tertiary/aromatic N) is 2. The highest BCUT2D eigenvalue weighted by atomic mass is 15.0. The van der Waals surface area contributed by atoms with Gasteiger partial charge in [-0.1, -0.05) is 31.2 Å². The second-order valence-corrected chi connectivity index (χ2v) is 4.47. The predicted octanol–water partition coefficient (Wildman–Crippen LogP) is 3.65. The normalized spacial score (nSPS) is 10.9. The van der Waals surface area contributed by atoms with E-state index in [1.807, 2.05) is 18.3 Å². The molecule has 2 nitrogen and oxygen atoms in total. The summed E-state index contributed by atoms with van der Waals surface area (Å²) in [5, 5.41) is 1.31. The minimum Gasteiger partial charge on any atom is -0.341 e. The van der Waals surface area contributed by atoms with E-state index in [9.17, 15) is 0 Å². The maximum atomic E-state index is 4.40. The van der Waals surface area contributed by atoms with Crippen LogP contribution in [0, 0.1) is 0 Å². The number of fused-ring (bicyclic) bond motifs is 1. The molecule has 0 bridgehead atoms. The van der Waals surface area contributed by atoms with Crippen molar-refractivity contribution >= 4 is 10.9 Å². The number of rotatable bonds is 3. The minimum atomic E-state index is 0.835. The molecule has 18 heavy (non-hydrogen) atoms. The van der Waals surface area contributed by atoms with E-state index in [-0.39, 0.29) is 0 Å². The average Bonchev–Trinajstić information content (AvgIpc) is 2.83. The van der Waals surface area contributed by atoms with Crippen molar-refractivity contribution in [2.45, 2.75) is 19.9 Å².